The SMILES string of the molecule is COc1ccsc1C(=O)Cc1nc2ccccc2s1. The first-order chi connectivity index (χ1) is 9.28. The Bertz CT molecular complexity index is 697. The molecule has 0 N–H and O–H groups in total. The molecule has 0 fully saturated rings. The van der Waals surface area contributed by atoms with E-state index in [-0.39, 0.29) is 5.78 Å². The van der Waals surface area contributed by atoms with Crippen molar-refractivity contribution in [1.29, 1.82) is 0 Å². The zero-order valence-electron chi connectivity index (χ0n) is 10.3. The van der Waals surface area contributed by atoms with Crippen LogP contribution in [0.4, 0.5) is 0 Å². The predicted octanol–water partition coefficient (Wildman–Crippen LogP) is 3.79. The number of fused-ring (bicyclic) bond motifs is 1. The van der Waals surface area contributed by atoms with Crippen molar-refractivity contribution in [2.75, 3.05) is 7.11 Å². The number of benzene rings is 1. The van der Waals surface area contributed by atoms with Crippen LogP contribution in [0.2, 0.25) is 0 Å². The van der Waals surface area contributed by atoms with Gasteiger partial charge in [0.1, 0.15) is 15.6 Å². The van der Waals surface area contributed by atoms with Crippen LogP contribution in [0, 0.1) is 0 Å². The maximum Gasteiger partial charge on any atom is 0.183 e. The van der Waals surface area contributed by atoms with E-state index in [1.165, 1.54) is 11.3 Å². The number of rotatable bonds is 4. The molecule has 19 heavy (non-hydrogen) atoms. The summed E-state index contributed by atoms with van der Waals surface area (Å²) in [6.45, 7) is 0. The number of methoxy groups -OCH3 is 1. The van der Waals surface area contributed by atoms with E-state index in [1.807, 2.05) is 35.7 Å². The second-order valence-electron chi connectivity index (χ2n) is 3.99. The molecule has 0 aliphatic rings. The van der Waals surface area contributed by atoms with Gasteiger partial charge in [0.25, 0.3) is 0 Å². The van der Waals surface area contributed by atoms with E-state index in [4.69, 9.17) is 4.74 Å². The molecule has 2 aromatic heterocycles. The molecule has 0 radical (unpaired) electrons. The highest BCUT2D eigenvalue weighted by Crippen LogP contribution is 2.28. The van der Waals surface area contributed by atoms with Gasteiger partial charge in [-0.3, -0.25) is 4.79 Å². The number of thiazole rings is 1. The van der Waals surface area contributed by atoms with Crippen molar-refractivity contribution in [2.45, 2.75) is 6.42 Å². The average molecular weight is 289 g/mol. The van der Waals surface area contributed by atoms with Crippen LogP contribution in [-0.2, 0) is 6.42 Å². The number of ether oxygens (including phenoxy) is 1. The third-order valence-electron chi connectivity index (χ3n) is 2.75. The number of ketones is 1. The Balaban J connectivity index is 1.86. The number of carbonyl (C=O) groups excluding carboxylic acids is 1. The minimum absolute atomic E-state index is 0.0610. The van der Waals surface area contributed by atoms with Crippen molar-refractivity contribution < 1.29 is 9.53 Å². The fourth-order valence-corrected chi connectivity index (χ4v) is 3.64. The van der Waals surface area contributed by atoms with Crippen molar-refractivity contribution in [3.63, 3.8) is 0 Å². The average Bonchev–Trinajstić information content (AvgIpc) is 3.03. The third kappa shape index (κ3) is 2.39. The van der Waals surface area contributed by atoms with Gasteiger partial charge in [0, 0.05) is 0 Å². The summed E-state index contributed by atoms with van der Waals surface area (Å²) in [5, 5.41) is 2.71. The molecule has 3 rings (SSSR count). The van der Waals surface area contributed by atoms with Crippen LogP contribution in [-0.4, -0.2) is 17.9 Å². The molecule has 1 aromatic carbocycles. The number of aromatic nitrogens is 1. The van der Waals surface area contributed by atoms with E-state index < -0.39 is 0 Å². The lowest BCUT2D eigenvalue weighted by molar-refractivity contribution is 0.0994. The number of Topliss-reactive ketones (excluding diaryl/α,β-unsaturated/α-hetero) is 1. The molecule has 0 amide bonds. The number of thiophene rings is 1. The van der Waals surface area contributed by atoms with E-state index >= 15 is 0 Å². The van der Waals surface area contributed by atoms with E-state index in [2.05, 4.69) is 4.98 Å². The summed E-state index contributed by atoms with van der Waals surface area (Å²) in [6, 6.07) is 9.73. The van der Waals surface area contributed by atoms with Crippen molar-refractivity contribution >= 4 is 38.7 Å². The summed E-state index contributed by atoms with van der Waals surface area (Å²) >= 11 is 2.98. The molecule has 0 aliphatic carbocycles. The molecule has 3 aromatic rings. The summed E-state index contributed by atoms with van der Waals surface area (Å²) in [5.74, 6) is 0.710. The van der Waals surface area contributed by atoms with Crippen LogP contribution in [0.1, 0.15) is 14.7 Å². The molecule has 5 heteroatoms. The molecule has 0 bridgehead atoms. The van der Waals surface area contributed by atoms with Gasteiger partial charge < -0.3 is 4.74 Å². The van der Waals surface area contributed by atoms with Crippen molar-refractivity contribution in [2.24, 2.45) is 0 Å². The van der Waals surface area contributed by atoms with Crippen LogP contribution < -0.4 is 4.74 Å². The molecule has 96 valence electrons. The molecule has 0 aliphatic heterocycles. The Morgan fingerprint density at radius 1 is 1.32 bits per heavy atom. The van der Waals surface area contributed by atoms with Crippen molar-refractivity contribution in [3.05, 3.63) is 45.6 Å². The summed E-state index contributed by atoms with van der Waals surface area (Å²) in [5.41, 5.74) is 0.952. The van der Waals surface area contributed by atoms with Crippen LogP contribution >= 0.6 is 22.7 Å². The van der Waals surface area contributed by atoms with Crippen LogP contribution in [0.25, 0.3) is 10.2 Å². The monoisotopic (exact) mass is 289 g/mol. The first kappa shape index (κ1) is 12.3. The van der Waals surface area contributed by atoms with E-state index in [0.717, 1.165) is 15.2 Å². The normalized spacial score (nSPS) is 10.8. The Labute approximate surface area is 118 Å². The molecule has 0 atom stereocenters. The highest BCUT2D eigenvalue weighted by Gasteiger charge is 2.16. The number of hydrogen-bond acceptors (Lipinski definition) is 5. The predicted molar refractivity (Wildman–Crippen MR) is 78.5 cm³/mol. The van der Waals surface area contributed by atoms with Gasteiger partial charge >= 0.3 is 0 Å². The smallest absolute Gasteiger partial charge is 0.183 e. The van der Waals surface area contributed by atoms with E-state index in [9.17, 15) is 4.79 Å². The maximum atomic E-state index is 12.2. The van der Waals surface area contributed by atoms with Gasteiger partial charge in [-0.25, -0.2) is 4.98 Å². The maximum absolute atomic E-state index is 12.2. The van der Waals surface area contributed by atoms with Gasteiger partial charge in [-0.05, 0) is 23.6 Å². The van der Waals surface area contributed by atoms with E-state index in [1.54, 1.807) is 18.4 Å². The lowest BCUT2D eigenvalue weighted by Crippen LogP contribution is -2.02. The fraction of sp³-hybridized carbons (Fsp3) is 0.143. The Hall–Kier alpha value is -1.72. The molecular weight excluding hydrogens is 278 g/mol. The highest BCUT2D eigenvalue weighted by molar-refractivity contribution is 7.18. The first-order valence-corrected chi connectivity index (χ1v) is 7.46. The first-order valence-electron chi connectivity index (χ1n) is 5.77. The van der Waals surface area contributed by atoms with Gasteiger partial charge in [-0.2, -0.15) is 0 Å². The molecule has 0 spiro atoms. The number of nitrogens with zero attached hydrogens (tertiary/aromatic N) is 1. The second-order valence-corrected chi connectivity index (χ2v) is 6.02. The lowest BCUT2D eigenvalue weighted by Gasteiger charge is -1.99. The van der Waals surface area contributed by atoms with E-state index in [0.29, 0.717) is 17.0 Å². The number of carbonyl (C=O) groups is 1. The summed E-state index contributed by atoms with van der Waals surface area (Å²) in [6.07, 6.45) is 0.330. The zero-order valence-corrected chi connectivity index (χ0v) is 11.9. The highest BCUT2D eigenvalue weighted by atomic mass is 32.1. The molecule has 3 nitrogen and oxygen atoms in total. The molecule has 0 saturated heterocycles. The van der Waals surface area contributed by atoms with Crippen LogP contribution in [0.15, 0.2) is 35.7 Å². The largest absolute Gasteiger partial charge is 0.495 e. The minimum Gasteiger partial charge on any atom is -0.495 e. The zero-order chi connectivity index (χ0) is 13.2. The molecular formula is C14H11NO2S2. The fourth-order valence-electron chi connectivity index (χ4n) is 1.87. The Morgan fingerprint density at radius 2 is 2.16 bits per heavy atom. The quantitative estimate of drug-likeness (QED) is 0.686. The molecule has 0 unspecified atom stereocenters. The van der Waals surface area contributed by atoms with Gasteiger partial charge in [-0.15, -0.1) is 22.7 Å². The summed E-state index contributed by atoms with van der Waals surface area (Å²) < 4.78 is 6.29. The molecule has 2 heterocycles. The van der Waals surface area contributed by atoms with Gasteiger partial charge in [0.05, 0.1) is 23.7 Å². The van der Waals surface area contributed by atoms with Gasteiger partial charge in [0.2, 0.25) is 0 Å². The minimum atomic E-state index is 0.0610. The number of para-hydroxylation sites is 1. The second kappa shape index (κ2) is 5.11. The summed E-state index contributed by atoms with van der Waals surface area (Å²) in [4.78, 5) is 17.4. The standard InChI is InChI=1S/C14H11NO2S2/c1-17-11-6-7-18-14(11)10(16)8-13-15-9-4-2-3-5-12(9)19-13/h2-7H,8H2,1H3. The third-order valence-corrected chi connectivity index (χ3v) is 4.73. The van der Waals surface area contributed by atoms with Gasteiger partial charge in [-0.1, -0.05) is 12.1 Å². The van der Waals surface area contributed by atoms with Gasteiger partial charge in [0.15, 0.2) is 5.78 Å². The summed E-state index contributed by atoms with van der Waals surface area (Å²) in [7, 11) is 1.58. The Morgan fingerprint density at radius 3 is 2.95 bits per heavy atom. The van der Waals surface area contributed by atoms with Crippen LogP contribution in [0.3, 0.4) is 0 Å². The Kier molecular flexibility index (Phi) is 3.31. The van der Waals surface area contributed by atoms with Crippen molar-refractivity contribution in [1.82, 2.24) is 4.98 Å². The topological polar surface area (TPSA) is 39.2 Å². The lowest BCUT2D eigenvalue weighted by atomic mass is 10.2. The van der Waals surface area contributed by atoms with Crippen molar-refractivity contribution in [3.8, 4) is 5.75 Å². The van der Waals surface area contributed by atoms with Crippen LogP contribution in [0.5, 0.6) is 5.75 Å². The molecule has 0 saturated carbocycles. The number of hydrogen-bond donors (Lipinski definition) is 0.